The molecule has 2 amide bonds. The van der Waals surface area contributed by atoms with Gasteiger partial charge in [-0.05, 0) is 43.2 Å². The second-order valence-electron chi connectivity index (χ2n) is 8.88. The summed E-state index contributed by atoms with van der Waals surface area (Å²) in [5.74, 6) is 1.45. The Kier molecular flexibility index (Phi) is 8.94. The Labute approximate surface area is 192 Å². The van der Waals surface area contributed by atoms with Gasteiger partial charge in [0.05, 0.1) is 0 Å². The molecular formula is C25H39N5O2. The Hall–Kier alpha value is -2.57. The minimum atomic E-state index is 0.159. The Morgan fingerprint density at radius 2 is 1.69 bits per heavy atom. The first-order valence-corrected chi connectivity index (χ1v) is 12.2. The summed E-state index contributed by atoms with van der Waals surface area (Å²) in [6, 6.07) is 8.59. The van der Waals surface area contributed by atoms with Crippen molar-refractivity contribution >= 4 is 17.8 Å². The van der Waals surface area contributed by atoms with Crippen LogP contribution < -0.4 is 10.6 Å². The minimum absolute atomic E-state index is 0.159. The Balaban J connectivity index is 1.33. The summed E-state index contributed by atoms with van der Waals surface area (Å²) in [7, 11) is 1.77. The van der Waals surface area contributed by atoms with Crippen molar-refractivity contribution in [2.24, 2.45) is 10.9 Å². The number of likely N-dealkylation sites (tertiary alicyclic amines) is 1. The standard InChI is InChI=1S/C25H39N5O2/c1-4-19(5-2)24(32)29-15-12-22(13-16-29)28-25(26-3)27-14-8-11-23(31)30-17-20-9-6-7-10-21(20)18-30/h6-7,9-10,19,22H,4-5,8,11-18H2,1-3H3,(H2,26,27,28). The highest BCUT2D eigenvalue weighted by atomic mass is 16.2. The molecule has 3 rings (SSSR count). The third-order valence-corrected chi connectivity index (χ3v) is 6.76. The fourth-order valence-electron chi connectivity index (χ4n) is 4.64. The minimum Gasteiger partial charge on any atom is -0.356 e. The maximum absolute atomic E-state index is 12.6. The largest absolute Gasteiger partial charge is 0.356 e. The molecule has 32 heavy (non-hydrogen) atoms. The number of hydrogen-bond acceptors (Lipinski definition) is 3. The van der Waals surface area contributed by atoms with E-state index in [1.54, 1.807) is 7.05 Å². The van der Waals surface area contributed by atoms with Crippen LogP contribution in [0.3, 0.4) is 0 Å². The van der Waals surface area contributed by atoms with E-state index in [9.17, 15) is 9.59 Å². The van der Waals surface area contributed by atoms with Crippen molar-refractivity contribution in [3.8, 4) is 0 Å². The van der Waals surface area contributed by atoms with E-state index in [1.807, 2.05) is 21.9 Å². The Morgan fingerprint density at radius 1 is 1.06 bits per heavy atom. The first-order chi connectivity index (χ1) is 15.5. The number of hydrogen-bond donors (Lipinski definition) is 2. The number of rotatable bonds is 8. The summed E-state index contributed by atoms with van der Waals surface area (Å²) >= 11 is 0. The zero-order valence-electron chi connectivity index (χ0n) is 19.9. The van der Waals surface area contributed by atoms with Crippen LogP contribution in [0.1, 0.15) is 63.5 Å². The lowest BCUT2D eigenvalue weighted by atomic mass is 9.98. The van der Waals surface area contributed by atoms with Gasteiger partial charge in [0.25, 0.3) is 0 Å². The molecular weight excluding hydrogens is 402 g/mol. The highest BCUT2D eigenvalue weighted by molar-refractivity contribution is 5.81. The summed E-state index contributed by atoms with van der Waals surface area (Å²) in [4.78, 5) is 33.4. The fourth-order valence-corrected chi connectivity index (χ4v) is 4.64. The zero-order chi connectivity index (χ0) is 22.9. The molecule has 2 aliphatic rings. The van der Waals surface area contributed by atoms with Gasteiger partial charge in [0.15, 0.2) is 5.96 Å². The van der Waals surface area contributed by atoms with Gasteiger partial charge in [0.1, 0.15) is 0 Å². The first-order valence-electron chi connectivity index (χ1n) is 12.2. The van der Waals surface area contributed by atoms with Gasteiger partial charge in [-0.15, -0.1) is 0 Å². The van der Waals surface area contributed by atoms with Crippen LogP contribution >= 0.6 is 0 Å². The SMILES string of the molecule is CCC(CC)C(=O)N1CCC(NC(=NC)NCCCC(=O)N2Cc3ccccc3C2)CC1. The van der Waals surface area contributed by atoms with Gasteiger partial charge in [-0.2, -0.15) is 0 Å². The second-order valence-corrected chi connectivity index (χ2v) is 8.88. The van der Waals surface area contributed by atoms with Gasteiger partial charge in [-0.3, -0.25) is 14.6 Å². The van der Waals surface area contributed by atoms with Gasteiger partial charge in [-0.25, -0.2) is 0 Å². The molecule has 0 aliphatic carbocycles. The molecule has 0 unspecified atom stereocenters. The lowest BCUT2D eigenvalue weighted by Crippen LogP contribution is -2.50. The highest BCUT2D eigenvalue weighted by Crippen LogP contribution is 2.23. The maximum atomic E-state index is 12.6. The summed E-state index contributed by atoms with van der Waals surface area (Å²) < 4.78 is 0. The molecule has 0 radical (unpaired) electrons. The maximum Gasteiger partial charge on any atom is 0.225 e. The average molecular weight is 442 g/mol. The number of carbonyl (C=O) groups excluding carboxylic acids is 2. The molecule has 0 atom stereocenters. The van der Waals surface area contributed by atoms with E-state index in [0.717, 1.165) is 64.2 Å². The number of fused-ring (bicyclic) bond motifs is 1. The number of aliphatic imine (C=N–C) groups is 1. The number of carbonyl (C=O) groups is 2. The van der Waals surface area contributed by atoms with E-state index in [-0.39, 0.29) is 11.8 Å². The average Bonchev–Trinajstić information content (AvgIpc) is 3.26. The molecule has 0 bridgehead atoms. The summed E-state index contributed by atoms with van der Waals surface area (Å²) in [5.41, 5.74) is 2.52. The topological polar surface area (TPSA) is 77.0 Å². The summed E-state index contributed by atoms with van der Waals surface area (Å²) in [5, 5.41) is 6.82. The lowest BCUT2D eigenvalue weighted by molar-refractivity contribution is -0.137. The van der Waals surface area contributed by atoms with Gasteiger partial charge >= 0.3 is 0 Å². The normalized spacial score (nSPS) is 16.9. The smallest absolute Gasteiger partial charge is 0.225 e. The molecule has 7 heteroatoms. The molecule has 0 saturated carbocycles. The van der Waals surface area contributed by atoms with Gasteiger partial charge < -0.3 is 20.4 Å². The molecule has 1 aromatic rings. The van der Waals surface area contributed by atoms with Gasteiger partial charge in [0, 0.05) is 58.2 Å². The van der Waals surface area contributed by atoms with Crippen LogP contribution in [0.15, 0.2) is 29.3 Å². The number of nitrogens with zero attached hydrogens (tertiary/aromatic N) is 3. The van der Waals surface area contributed by atoms with E-state index >= 15 is 0 Å². The van der Waals surface area contributed by atoms with Crippen LogP contribution in [0.2, 0.25) is 0 Å². The number of guanidine groups is 1. The van der Waals surface area contributed by atoms with Gasteiger partial charge in [-0.1, -0.05) is 38.1 Å². The lowest BCUT2D eigenvalue weighted by Gasteiger charge is -2.34. The quantitative estimate of drug-likeness (QED) is 0.369. The number of nitrogens with one attached hydrogen (secondary N) is 2. The van der Waals surface area contributed by atoms with Crippen LogP contribution in [0.25, 0.3) is 0 Å². The molecule has 1 aromatic carbocycles. The Morgan fingerprint density at radius 3 is 2.25 bits per heavy atom. The van der Waals surface area contributed by atoms with Crippen molar-refractivity contribution in [1.82, 2.24) is 20.4 Å². The molecule has 1 saturated heterocycles. The van der Waals surface area contributed by atoms with Crippen molar-refractivity contribution in [3.05, 3.63) is 35.4 Å². The zero-order valence-corrected chi connectivity index (χ0v) is 19.9. The van der Waals surface area contributed by atoms with Crippen LogP contribution in [0.5, 0.6) is 0 Å². The molecule has 0 spiro atoms. The molecule has 2 N–H and O–H groups in total. The van der Waals surface area contributed by atoms with E-state index in [2.05, 4.69) is 41.6 Å². The van der Waals surface area contributed by atoms with Crippen molar-refractivity contribution < 1.29 is 9.59 Å². The molecule has 7 nitrogen and oxygen atoms in total. The predicted octanol–water partition coefficient (Wildman–Crippen LogP) is 2.90. The van der Waals surface area contributed by atoms with Crippen LogP contribution in [0.4, 0.5) is 0 Å². The summed E-state index contributed by atoms with van der Waals surface area (Å²) in [6.45, 7) is 7.95. The van der Waals surface area contributed by atoms with Crippen molar-refractivity contribution in [3.63, 3.8) is 0 Å². The third-order valence-electron chi connectivity index (χ3n) is 6.76. The third kappa shape index (κ3) is 6.24. The van der Waals surface area contributed by atoms with Crippen LogP contribution in [-0.2, 0) is 22.7 Å². The van der Waals surface area contributed by atoms with Crippen molar-refractivity contribution in [1.29, 1.82) is 0 Å². The van der Waals surface area contributed by atoms with Crippen LogP contribution in [0, 0.1) is 5.92 Å². The van der Waals surface area contributed by atoms with E-state index < -0.39 is 0 Å². The first kappa shape index (κ1) is 24.1. The molecule has 0 aromatic heterocycles. The Bertz CT molecular complexity index is 772. The molecule has 2 aliphatic heterocycles. The van der Waals surface area contributed by atoms with Crippen molar-refractivity contribution in [2.45, 2.75) is 71.5 Å². The molecule has 176 valence electrons. The molecule has 2 heterocycles. The van der Waals surface area contributed by atoms with Crippen LogP contribution in [-0.4, -0.2) is 60.3 Å². The second kappa shape index (κ2) is 11.9. The number of benzene rings is 1. The van der Waals surface area contributed by atoms with E-state index in [4.69, 9.17) is 0 Å². The van der Waals surface area contributed by atoms with Crippen molar-refractivity contribution in [2.75, 3.05) is 26.7 Å². The predicted molar refractivity (Wildman–Crippen MR) is 128 cm³/mol. The van der Waals surface area contributed by atoms with Gasteiger partial charge in [0.2, 0.25) is 11.8 Å². The van der Waals surface area contributed by atoms with E-state index in [0.29, 0.717) is 24.9 Å². The number of piperidine rings is 1. The highest BCUT2D eigenvalue weighted by Gasteiger charge is 2.27. The fraction of sp³-hybridized carbons (Fsp3) is 0.640. The monoisotopic (exact) mass is 441 g/mol. The summed E-state index contributed by atoms with van der Waals surface area (Å²) in [6.07, 6.45) is 5.00. The van der Waals surface area contributed by atoms with E-state index in [1.165, 1.54) is 11.1 Å². The number of amides is 2. The molecule has 1 fully saturated rings.